The minimum absolute atomic E-state index is 0.00171. The Bertz CT molecular complexity index is 887. The third-order valence-corrected chi connectivity index (χ3v) is 8.51. The van der Waals surface area contributed by atoms with Crippen molar-refractivity contribution < 1.29 is 14.1 Å². The Morgan fingerprint density at radius 2 is 2.00 bits per heavy atom. The van der Waals surface area contributed by atoms with E-state index in [1.54, 1.807) is 11.3 Å². The van der Waals surface area contributed by atoms with Crippen molar-refractivity contribution in [2.45, 2.75) is 57.7 Å². The second-order valence-corrected chi connectivity index (χ2v) is 10.6. The molecule has 1 N–H and O–H groups in total. The van der Waals surface area contributed by atoms with Gasteiger partial charge >= 0.3 is 7.12 Å². The highest BCUT2D eigenvalue weighted by Crippen LogP contribution is 2.66. The van der Waals surface area contributed by atoms with E-state index in [4.69, 9.17) is 9.31 Å². The molecule has 0 radical (unpaired) electrons. The van der Waals surface area contributed by atoms with Crippen LogP contribution in [0.25, 0.3) is 0 Å². The van der Waals surface area contributed by atoms with E-state index in [0.29, 0.717) is 23.7 Å². The van der Waals surface area contributed by atoms with Crippen LogP contribution in [0, 0.1) is 17.3 Å². The summed E-state index contributed by atoms with van der Waals surface area (Å²) in [5.41, 5.74) is 1.04. The molecule has 1 aromatic carbocycles. The largest absolute Gasteiger partial charge is 0.486 e. The van der Waals surface area contributed by atoms with Crippen LogP contribution in [-0.4, -0.2) is 24.7 Å². The lowest BCUT2D eigenvalue weighted by Gasteiger charge is -2.64. The summed E-state index contributed by atoms with van der Waals surface area (Å²) in [7, 11) is -0.463. The zero-order chi connectivity index (χ0) is 20.2. The van der Waals surface area contributed by atoms with Gasteiger partial charge in [-0.3, -0.25) is 4.79 Å². The van der Waals surface area contributed by atoms with Gasteiger partial charge in [0.05, 0.1) is 24.1 Å². The SMILES string of the molecule is CC1(C)C2CC3OB([C@@H](NC(=O)Cc4cccs4)c4ccccc4)O[C@@]3(C)C1C2. The Kier molecular flexibility index (Phi) is 4.65. The Labute approximate surface area is 177 Å². The van der Waals surface area contributed by atoms with Crippen molar-refractivity contribution in [3.63, 3.8) is 0 Å². The molecule has 3 aliphatic carbocycles. The van der Waals surface area contributed by atoms with Gasteiger partial charge in [0.1, 0.15) is 0 Å². The molecule has 2 aromatic rings. The quantitative estimate of drug-likeness (QED) is 0.744. The van der Waals surface area contributed by atoms with Crippen LogP contribution in [0.5, 0.6) is 0 Å². The summed E-state index contributed by atoms with van der Waals surface area (Å²) in [6.07, 6.45) is 2.74. The number of hydrogen-bond donors (Lipinski definition) is 1. The number of thiophene rings is 1. The van der Waals surface area contributed by atoms with Crippen molar-refractivity contribution in [2.24, 2.45) is 17.3 Å². The summed E-state index contributed by atoms with van der Waals surface area (Å²) >= 11 is 1.60. The fraction of sp³-hybridized carbons (Fsp3) is 0.522. The Morgan fingerprint density at radius 3 is 2.69 bits per heavy atom. The van der Waals surface area contributed by atoms with E-state index in [2.05, 4.69) is 26.1 Å². The Hall–Kier alpha value is -1.63. The van der Waals surface area contributed by atoms with Gasteiger partial charge in [-0.2, -0.15) is 0 Å². The summed E-state index contributed by atoms with van der Waals surface area (Å²) in [5, 5.41) is 5.21. The molecule has 1 aliphatic heterocycles. The van der Waals surface area contributed by atoms with Crippen molar-refractivity contribution in [3.05, 3.63) is 58.3 Å². The molecule has 3 unspecified atom stereocenters. The predicted octanol–water partition coefficient (Wildman–Crippen LogP) is 4.42. The van der Waals surface area contributed by atoms with Gasteiger partial charge in [-0.15, -0.1) is 11.3 Å². The van der Waals surface area contributed by atoms with Crippen molar-refractivity contribution in [1.29, 1.82) is 0 Å². The van der Waals surface area contributed by atoms with E-state index < -0.39 is 7.12 Å². The molecule has 6 rings (SSSR count). The number of benzene rings is 1. The molecular formula is C23H28BNO3S. The maximum atomic E-state index is 12.8. The standard InChI is InChI=1S/C23H28BNO3S/c1-22(2)16-12-18(22)23(3)19(13-16)27-24(28-23)21(15-8-5-4-6-9-15)25-20(26)14-17-10-7-11-29-17/h4-11,16,18-19,21H,12-14H2,1-3H3,(H,25,26)/t16?,18?,19?,21-,23-/m0/s1. The van der Waals surface area contributed by atoms with E-state index in [9.17, 15) is 4.79 Å². The Morgan fingerprint density at radius 1 is 1.21 bits per heavy atom. The molecular weight excluding hydrogens is 381 g/mol. The van der Waals surface area contributed by atoms with Crippen molar-refractivity contribution in [3.8, 4) is 0 Å². The van der Waals surface area contributed by atoms with E-state index in [0.717, 1.165) is 16.9 Å². The highest BCUT2D eigenvalue weighted by Gasteiger charge is 2.68. The maximum absolute atomic E-state index is 12.8. The molecule has 1 aromatic heterocycles. The van der Waals surface area contributed by atoms with Gasteiger partial charge in [0.25, 0.3) is 0 Å². The number of hydrogen-bond acceptors (Lipinski definition) is 4. The monoisotopic (exact) mass is 409 g/mol. The molecule has 2 bridgehead atoms. The molecule has 4 aliphatic rings. The maximum Gasteiger partial charge on any atom is 0.486 e. The van der Waals surface area contributed by atoms with Gasteiger partial charge in [0, 0.05) is 4.88 Å². The van der Waals surface area contributed by atoms with Gasteiger partial charge in [-0.1, -0.05) is 50.2 Å². The summed E-state index contributed by atoms with van der Waals surface area (Å²) in [6, 6.07) is 14.0. The zero-order valence-electron chi connectivity index (χ0n) is 17.3. The average molecular weight is 409 g/mol. The fourth-order valence-corrected chi connectivity index (χ4v) is 6.51. The van der Waals surface area contributed by atoms with Gasteiger partial charge in [0.15, 0.2) is 0 Å². The highest BCUT2D eigenvalue weighted by molar-refractivity contribution is 7.10. The second-order valence-electron chi connectivity index (χ2n) is 9.55. The lowest BCUT2D eigenvalue weighted by molar-refractivity contribution is -0.199. The van der Waals surface area contributed by atoms with E-state index >= 15 is 0 Å². The fourth-order valence-electron chi connectivity index (χ4n) is 5.81. The number of nitrogens with one attached hydrogen (secondary N) is 1. The number of amides is 1. The zero-order valence-corrected chi connectivity index (χ0v) is 18.1. The van der Waals surface area contributed by atoms with Crippen LogP contribution in [-0.2, 0) is 20.5 Å². The highest BCUT2D eigenvalue weighted by atomic mass is 32.1. The van der Waals surface area contributed by atoms with Crippen LogP contribution in [0.4, 0.5) is 0 Å². The van der Waals surface area contributed by atoms with Crippen LogP contribution >= 0.6 is 11.3 Å². The molecule has 2 heterocycles. The first-order chi connectivity index (χ1) is 13.9. The van der Waals surface area contributed by atoms with Crippen LogP contribution in [0.15, 0.2) is 47.8 Å². The minimum atomic E-state index is -0.463. The predicted molar refractivity (Wildman–Crippen MR) is 115 cm³/mol. The summed E-state index contributed by atoms with van der Waals surface area (Å²) in [6.45, 7) is 6.94. The van der Waals surface area contributed by atoms with E-state index in [1.165, 1.54) is 6.42 Å². The second kappa shape index (κ2) is 6.97. The summed E-state index contributed by atoms with van der Waals surface area (Å²) in [4.78, 5) is 13.9. The third kappa shape index (κ3) is 3.16. The topological polar surface area (TPSA) is 47.6 Å². The molecule has 4 nitrogen and oxygen atoms in total. The summed E-state index contributed by atoms with van der Waals surface area (Å²) in [5.74, 6) is 0.892. The normalized spacial score (nSPS) is 32.9. The van der Waals surface area contributed by atoms with Crippen LogP contribution in [0.3, 0.4) is 0 Å². The third-order valence-electron chi connectivity index (χ3n) is 7.63. The van der Waals surface area contributed by atoms with Gasteiger partial charge in [-0.25, -0.2) is 0 Å². The van der Waals surface area contributed by atoms with Crippen molar-refractivity contribution >= 4 is 24.4 Å². The molecule has 1 saturated heterocycles. The number of rotatable bonds is 5. The smallest absolute Gasteiger partial charge is 0.404 e. The molecule has 152 valence electrons. The molecule has 0 spiro atoms. The molecule has 5 atom stereocenters. The van der Waals surface area contributed by atoms with Gasteiger partial charge in [0.2, 0.25) is 5.91 Å². The van der Waals surface area contributed by atoms with Crippen LogP contribution in [0.1, 0.15) is 50.0 Å². The average Bonchev–Trinajstić information content (AvgIpc) is 3.32. The van der Waals surface area contributed by atoms with Crippen LogP contribution < -0.4 is 5.32 Å². The minimum Gasteiger partial charge on any atom is -0.404 e. The molecule has 4 fully saturated rings. The number of carbonyl (C=O) groups excluding carboxylic acids is 1. The van der Waals surface area contributed by atoms with E-state index in [-0.39, 0.29) is 23.6 Å². The molecule has 1 amide bonds. The van der Waals surface area contributed by atoms with E-state index in [1.807, 2.05) is 47.8 Å². The molecule has 29 heavy (non-hydrogen) atoms. The molecule has 6 heteroatoms. The first-order valence-corrected chi connectivity index (χ1v) is 11.5. The van der Waals surface area contributed by atoms with Gasteiger partial charge < -0.3 is 14.6 Å². The first kappa shape index (κ1) is 19.3. The number of carbonyl (C=O) groups is 1. The van der Waals surface area contributed by atoms with Crippen molar-refractivity contribution in [1.82, 2.24) is 5.32 Å². The lowest BCUT2D eigenvalue weighted by atomic mass is 9.43. The molecule has 3 saturated carbocycles. The first-order valence-electron chi connectivity index (χ1n) is 10.6. The summed E-state index contributed by atoms with van der Waals surface area (Å²) < 4.78 is 13.1. The van der Waals surface area contributed by atoms with Crippen LogP contribution in [0.2, 0.25) is 0 Å². The van der Waals surface area contributed by atoms with Gasteiger partial charge in [-0.05, 0) is 54.0 Å². The van der Waals surface area contributed by atoms with Crippen molar-refractivity contribution in [2.75, 3.05) is 0 Å². The Balaban J connectivity index is 1.38. The lowest BCUT2D eigenvalue weighted by Crippen LogP contribution is -2.65.